The zero-order chi connectivity index (χ0) is 27.2. The lowest BCUT2D eigenvalue weighted by atomic mass is 9.82. The van der Waals surface area contributed by atoms with Crippen LogP contribution < -0.4 is 11.1 Å². The van der Waals surface area contributed by atoms with Crippen LogP contribution in [0.1, 0.15) is 49.8 Å². The number of amides is 1. The Morgan fingerprint density at radius 3 is 2.34 bits per heavy atom. The number of benzene rings is 4. The van der Waals surface area contributed by atoms with Gasteiger partial charge >= 0.3 is 0 Å². The summed E-state index contributed by atoms with van der Waals surface area (Å²) in [7, 11) is 1.50. The second-order valence-electron chi connectivity index (χ2n) is 8.70. The minimum atomic E-state index is -0.867. The van der Waals surface area contributed by atoms with E-state index in [0.29, 0.717) is 24.1 Å². The smallest absolute Gasteiger partial charge is 0.251 e. The number of halogens is 2. The van der Waals surface area contributed by atoms with Crippen LogP contribution in [0.25, 0.3) is 11.1 Å². The summed E-state index contributed by atoms with van der Waals surface area (Å²) in [6.45, 7) is 0.324. The van der Waals surface area contributed by atoms with Crippen LogP contribution in [0.15, 0.2) is 84.0 Å². The molecule has 0 aliphatic heterocycles. The van der Waals surface area contributed by atoms with Gasteiger partial charge < -0.3 is 21.4 Å². The molecule has 0 heterocycles. The van der Waals surface area contributed by atoms with Crippen LogP contribution in [-0.4, -0.2) is 29.5 Å². The second-order valence-corrected chi connectivity index (χ2v) is 8.70. The summed E-state index contributed by atoms with van der Waals surface area (Å²) in [5.74, 6) is -1.54. The maximum atomic E-state index is 14.3. The van der Waals surface area contributed by atoms with Gasteiger partial charge in [0.1, 0.15) is 17.7 Å². The van der Waals surface area contributed by atoms with Crippen molar-refractivity contribution in [3.8, 4) is 11.1 Å². The van der Waals surface area contributed by atoms with E-state index in [4.69, 9.17) is 5.21 Å². The van der Waals surface area contributed by atoms with E-state index in [9.17, 15) is 18.7 Å². The van der Waals surface area contributed by atoms with E-state index in [0.717, 1.165) is 39.4 Å². The summed E-state index contributed by atoms with van der Waals surface area (Å²) in [5, 5.41) is 25.4. The molecule has 1 atom stereocenters. The SMILES string of the molecule is CN.O=C(NCc1ccc(/C=N/O)cc1)c1ccc2c(c1)Cc1cc(-c3ccc(F)cc3F)ccc1[C@@H]2O. The van der Waals surface area contributed by atoms with Gasteiger partial charge in [-0.1, -0.05) is 53.7 Å². The molecule has 0 radical (unpaired) electrons. The zero-order valence-electron chi connectivity index (χ0n) is 20.7. The van der Waals surface area contributed by atoms with Crippen LogP contribution in [0.3, 0.4) is 0 Å². The molecule has 0 saturated heterocycles. The molecular formula is C30H27F2N3O3. The number of nitrogens with two attached hydrogens (primary N) is 1. The van der Waals surface area contributed by atoms with Crippen LogP contribution in [0.5, 0.6) is 0 Å². The standard InChI is InChI=1S/C29H22F2N2O3.CH5N/c30-23-7-10-24(27(31)14-23)19-5-8-25-21(11-19)13-22-12-20(6-9-26(22)28(25)34)29(35)32-15-17-1-3-18(4-2-17)16-33-36;1-2/h1-12,14,16,28,34,36H,13,15H2,(H,32,35);2H2,1H3/b33-16+;/t28-;/m0./s1. The predicted molar refractivity (Wildman–Crippen MR) is 142 cm³/mol. The van der Waals surface area contributed by atoms with Crippen molar-refractivity contribution in [3.05, 3.63) is 129 Å². The van der Waals surface area contributed by atoms with Gasteiger partial charge in [-0.15, -0.1) is 0 Å². The Labute approximate surface area is 219 Å². The van der Waals surface area contributed by atoms with E-state index in [-0.39, 0.29) is 11.5 Å². The normalized spacial score (nSPS) is 13.8. The number of carbonyl (C=O) groups is 1. The Morgan fingerprint density at radius 1 is 0.974 bits per heavy atom. The van der Waals surface area contributed by atoms with Crippen LogP contribution >= 0.6 is 0 Å². The van der Waals surface area contributed by atoms with E-state index < -0.39 is 17.7 Å². The van der Waals surface area contributed by atoms with Crippen molar-refractivity contribution in [1.29, 1.82) is 0 Å². The van der Waals surface area contributed by atoms with Crippen molar-refractivity contribution in [2.75, 3.05) is 7.05 Å². The first-order chi connectivity index (χ1) is 18.4. The molecule has 0 bridgehead atoms. The zero-order valence-corrected chi connectivity index (χ0v) is 20.7. The molecule has 4 aromatic rings. The highest BCUT2D eigenvalue weighted by Crippen LogP contribution is 2.37. The van der Waals surface area contributed by atoms with Gasteiger partial charge in [-0.05, 0) is 76.7 Å². The minimum absolute atomic E-state index is 0.249. The molecule has 8 heteroatoms. The Bertz CT molecular complexity index is 1490. The van der Waals surface area contributed by atoms with Gasteiger partial charge in [0.25, 0.3) is 5.91 Å². The lowest BCUT2D eigenvalue weighted by Crippen LogP contribution is -2.23. The maximum absolute atomic E-state index is 14.3. The number of fused-ring (bicyclic) bond motifs is 2. The van der Waals surface area contributed by atoms with Gasteiger partial charge in [0.15, 0.2) is 0 Å². The molecule has 5 rings (SSSR count). The topological polar surface area (TPSA) is 108 Å². The number of nitrogens with zero attached hydrogens (tertiary/aromatic N) is 1. The van der Waals surface area contributed by atoms with Crippen molar-refractivity contribution in [2.24, 2.45) is 10.9 Å². The monoisotopic (exact) mass is 515 g/mol. The molecule has 0 unspecified atom stereocenters. The molecule has 4 aromatic carbocycles. The second kappa shape index (κ2) is 11.8. The fourth-order valence-electron chi connectivity index (χ4n) is 4.53. The number of oxime groups is 1. The molecule has 194 valence electrons. The fraction of sp³-hybridized carbons (Fsp3) is 0.133. The van der Waals surface area contributed by atoms with Crippen molar-refractivity contribution in [2.45, 2.75) is 19.1 Å². The maximum Gasteiger partial charge on any atom is 0.251 e. The summed E-state index contributed by atoms with van der Waals surface area (Å²) >= 11 is 0. The molecule has 5 N–H and O–H groups in total. The third kappa shape index (κ3) is 5.61. The third-order valence-corrected chi connectivity index (χ3v) is 6.40. The molecular weight excluding hydrogens is 488 g/mol. The molecule has 0 spiro atoms. The van der Waals surface area contributed by atoms with Gasteiger partial charge in [0.05, 0.1) is 6.21 Å². The number of hydrogen-bond donors (Lipinski definition) is 4. The van der Waals surface area contributed by atoms with Gasteiger partial charge in [-0.3, -0.25) is 4.79 Å². The van der Waals surface area contributed by atoms with E-state index >= 15 is 0 Å². The molecule has 6 nitrogen and oxygen atoms in total. The summed E-state index contributed by atoms with van der Waals surface area (Å²) in [6, 6.07) is 21.2. The van der Waals surface area contributed by atoms with Crippen molar-refractivity contribution in [3.63, 3.8) is 0 Å². The average molecular weight is 516 g/mol. The summed E-state index contributed by atoms with van der Waals surface area (Å²) in [6.07, 6.45) is 0.920. The number of aliphatic hydroxyl groups is 1. The van der Waals surface area contributed by atoms with Crippen LogP contribution in [0.2, 0.25) is 0 Å². The molecule has 1 aliphatic rings. The summed E-state index contributed by atoms with van der Waals surface area (Å²) < 4.78 is 27.7. The highest BCUT2D eigenvalue weighted by atomic mass is 19.1. The fourth-order valence-corrected chi connectivity index (χ4v) is 4.53. The van der Waals surface area contributed by atoms with E-state index in [2.05, 4.69) is 16.2 Å². The lowest BCUT2D eigenvalue weighted by Gasteiger charge is -2.26. The summed E-state index contributed by atoms with van der Waals surface area (Å²) in [5.41, 5.74) is 10.5. The van der Waals surface area contributed by atoms with Crippen molar-refractivity contribution >= 4 is 12.1 Å². The van der Waals surface area contributed by atoms with Crippen molar-refractivity contribution < 1.29 is 23.9 Å². The molecule has 0 aromatic heterocycles. The van der Waals surface area contributed by atoms with Gasteiger partial charge in [-0.2, -0.15) is 0 Å². The first-order valence-electron chi connectivity index (χ1n) is 11.9. The van der Waals surface area contributed by atoms with Gasteiger partial charge in [-0.25, -0.2) is 8.78 Å². The van der Waals surface area contributed by atoms with Gasteiger partial charge in [0, 0.05) is 23.7 Å². The van der Waals surface area contributed by atoms with Crippen LogP contribution in [-0.2, 0) is 13.0 Å². The van der Waals surface area contributed by atoms with Crippen molar-refractivity contribution in [1.82, 2.24) is 5.32 Å². The molecule has 38 heavy (non-hydrogen) atoms. The Balaban J connectivity index is 0.00000164. The van der Waals surface area contributed by atoms with Crippen LogP contribution in [0.4, 0.5) is 8.78 Å². The molecule has 1 amide bonds. The Kier molecular flexibility index (Phi) is 8.25. The highest BCUT2D eigenvalue weighted by Gasteiger charge is 2.25. The average Bonchev–Trinajstić information content (AvgIpc) is 2.93. The number of carbonyl (C=O) groups excluding carboxylic acids is 1. The number of rotatable bonds is 5. The van der Waals surface area contributed by atoms with E-state index in [1.54, 1.807) is 48.5 Å². The Morgan fingerprint density at radius 2 is 1.66 bits per heavy atom. The van der Waals surface area contributed by atoms with E-state index in [1.807, 2.05) is 12.1 Å². The molecule has 1 aliphatic carbocycles. The molecule has 0 saturated carbocycles. The lowest BCUT2D eigenvalue weighted by molar-refractivity contribution is 0.0950. The third-order valence-electron chi connectivity index (χ3n) is 6.40. The highest BCUT2D eigenvalue weighted by molar-refractivity contribution is 5.94. The number of hydrogen-bond acceptors (Lipinski definition) is 5. The van der Waals surface area contributed by atoms with Crippen LogP contribution in [0, 0.1) is 11.6 Å². The number of nitrogens with one attached hydrogen (secondary N) is 1. The minimum Gasteiger partial charge on any atom is -0.411 e. The van der Waals surface area contributed by atoms with E-state index in [1.165, 1.54) is 25.4 Å². The quantitative estimate of drug-likeness (QED) is 0.172. The molecule has 0 fully saturated rings. The summed E-state index contributed by atoms with van der Waals surface area (Å²) in [4.78, 5) is 12.8. The predicted octanol–water partition coefficient (Wildman–Crippen LogP) is 4.93. The first-order valence-corrected chi connectivity index (χ1v) is 11.9. The largest absolute Gasteiger partial charge is 0.411 e. The number of aliphatic hydroxyl groups excluding tert-OH is 1. The first kappa shape index (κ1) is 26.7. The van der Waals surface area contributed by atoms with Gasteiger partial charge in [0.2, 0.25) is 0 Å². The Hall–Kier alpha value is -4.40.